The van der Waals surface area contributed by atoms with Crippen molar-refractivity contribution in [1.82, 2.24) is 14.7 Å². The zero-order valence-corrected chi connectivity index (χ0v) is 14.8. The highest BCUT2D eigenvalue weighted by Gasteiger charge is 2.54. The fourth-order valence-electron chi connectivity index (χ4n) is 3.84. The number of amides is 3. The molecule has 4 rings (SSSR count). The Hall–Kier alpha value is -2.57. The van der Waals surface area contributed by atoms with E-state index in [1.807, 2.05) is 6.92 Å². The topological polar surface area (TPSA) is 59.5 Å². The normalized spacial score (nSPS) is 25.5. The van der Waals surface area contributed by atoms with Gasteiger partial charge in [-0.1, -0.05) is 24.6 Å². The molecule has 3 aliphatic rings. The Bertz CT molecular complexity index is 744. The number of aryl methyl sites for hydroxylation is 1. The molecule has 0 aromatic heterocycles. The first-order chi connectivity index (χ1) is 12.0. The van der Waals surface area contributed by atoms with Gasteiger partial charge in [0.05, 0.1) is 0 Å². The number of hydrogen-bond acceptors (Lipinski definition) is 5. The second kappa shape index (κ2) is 5.75. The summed E-state index contributed by atoms with van der Waals surface area (Å²) in [5, 5.41) is 0. The summed E-state index contributed by atoms with van der Waals surface area (Å²) >= 11 is 0. The Balaban J connectivity index is 1.66. The molecule has 2 atom stereocenters. The number of benzene rings is 1. The summed E-state index contributed by atoms with van der Waals surface area (Å²) in [6.07, 6.45) is 0.322. The van der Waals surface area contributed by atoms with Gasteiger partial charge in [-0.3, -0.25) is 9.69 Å². The number of likely N-dealkylation sites (N-methyl/N-ethyl adjacent to an activating group) is 1. The van der Waals surface area contributed by atoms with Crippen LogP contribution in [0.25, 0.3) is 0 Å². The Morgan fingerprint density at radius 3 is 2.56 bits per heavy atom. The van der Waals surface area contributed by atoms with E-state index in [0.29, 0.717) is 6.54 Å². The number of hydrogen-bond donors (Lipinski definition) is 0. The predicted octanol–water partition coefficient (Wildman–Crippen LogP) is 1.49. The zero-order valence-electron chi connectivity index (χ0n) is 14.8. The molecule has 7 nitrogen and oxygen atoms in total. The van der Waals surface area contributed by atoms with Crippen LogP contribution in [-0.2, 0) is 4.79 Å². The number of fused-ring (bicyclic) bond motifs is 3. The van der Waals surface area contributed by atoms with Gasteiger partial charge in [0.15, 0.2) is 12.2 Å². The summed E-state index contributed by atoms with van der Waals surface area (Å²) in [5.74, 6) is 0.671. The average Bonchev–Trinajstić information content (AvgIpc) is 3.17. The number of aliphatic imine (C=N–C) groups is 1. The molecule has 7 heteroatoms. The van der Waals surface area contributed by atoms with Crippen LogP contribution < -0.4 is 4.90 Å². The van der Waals surface area contributed by atoms with Gasteiger partial charge in [0, 0.05) is 32.4 Å². The van der Waals surface area contributed by atoms with Crippen LogP contribution in [-0.4, -0.2) is 71.5 Å². The molecule has 1 aromatic carbocycles. The average molecular weight is 341 g/mol. The molecule has 3 amide bonds. The molecule has 0 bridgehead atoms. The molecular weight excluding hydrogens is 318 g/mol. The third kappa shape index (κ3) is 2.29. The maximum atomic E-state index is 12.9. The van der Waals surface area contributed by atoms with Gasteiger partial charge in [-0.2, -0.15) is 0 Å². The molecule has 0 N–H and O–H groups in total. The molecule has 25 heavy (non-hydrogen) atoms. The van der Waals surface area contributed by atoms with Gasteiger partial charge in [-0.05, 0) is 25.5 Å². The third-order valence-corrected chi connectivity index (χ3v) is 5.17. The van der Waals surface area contributed by atoms with Crippen LogP contribution in [0.4, 0.5) is 10.5 Å². The minimum atomic E-state index is -0.434. The summed E-state index contributed by atoms with van der Waals surface area (Å²) < 4.78 is 0. The van der Waals surface area contributed by atoms with Crippen molar-refractivity contribution in [3.8, 4) is 0 Å². The SMILES string of the molecule is CCCN1C(=O)C2C(N=C3N(c4ccc(C)cc4)CCN32)N(C)C1=O. The van der Waals surface area contributed by atoms with Gasteiger partial charge >= 0.3 is 6.03 Å². The number of anilines is 1. The highest BCUT2D eigenvalue weighted by molar-refractivity contribution is 6.07. The number of urea groups is 1. The maximum Gasteiger partial charge on any atom is 0.328 e. The first kappa shape index (κ1) is 15.9. The summed E-state index contributed by atoms with van der Waals surface area (Å²) in [7, 11) is 1.73. The van der Waals surface area contributed by atoms with Crippen molar-refractivity contribution in [3.63, 3.8) is 0 Å². The van der Waals surface area contributed by atoms with E-state index in [1.54, 1.807) is 11.9 Å². The number of carbonyl (C=O) groups excluding carboxylic acids is 2. The lowest BCUT2D eigenvalue weighted by molar-refractivity contribution is -0.137. The van der Waals surface area contributed by atoms with Crippen LogP contribution in [0.1, 0.15) is 18.9 Å². The molecule has 0 aliphatic carbocycles. The van der Waals surface area contributed by atoms with Crippen molar-refractivity contribution in [2.24, 2.45) is 4.99 Å². The molecule has 132 valence electrons. The van der Waals surface area contributed by atoms with Crippen molar-refractivity contribution in [2.75, 3.05) is 31.6 Å². The first-order valence-electron chi connectivity index (χ1n) is 8.79. The third-order valence-electron chi connectivity index (χ3n) is 5.17. The highest BCUT2D eigenvalue weighted by atomic mass is 16.2. The Morgan fingerprint density at radius 2 is 1.88 bits per heavy atom. The van der Waals surface area contributed by atoms with E-state index in [1.165, 1.54) is 10.5 Å². The second-order valence-corrected chi connectivity index (χ2v) is 6.85. The van der Waals surface area contributed by atoms with E-state index in [2.05, 4.69) is 41.0 Å². The number of nitrogens with zero attached hydrogens (tertiary/aromatic N) is 5. The van der Waals surface area contributed by atoms with Gasteiger partial charge in [-0.15, -0.1) is 0 Å². The molecule has 2 fully saturated rings. The van der Waals surface area contributed by atoms with Gasteiger partial charge in [0.25, 0.3) is 5.91 Å². The van der Waals surface area contributed by atoms with Gasteiger partial charge in [-0.25, -0.2) is 9.79 Å². The first-order valence-corrected chi connectivity index (χ1v) is 8.79. The predicted molar refractivity (Wildman–Crippen MR) is 95.4 cm³/mol. The number of carbonyl (C=O) groups is 2. The smallest absolute Gasteiger partial charge is 0.325 e. The van der Waals surface area contributed by atoms with E-state index in [4.69, 9.17) is 4.99 Å². The van der Waals surface area contributed by atoms with Crippen molar-refractivity contribution in [1.29, 1.82) is 0 Å². The minimum Gasteiger partial charge on any atom is -0.325 e. The Morgan fingerprint density at radius 1 is 1.16 bits per heavy atom. The second-order valence-electron chi connectivity index (χ2n) is 6.85. The zero-order chi connectivity index (χ0) is 17.7. The molecule has 0 saturated carbocycles. The lowest BCUT2D eigenvalue weighted by Crippen LogP contribution is -2.64. The Labute approximate surface area is 147 Å². The molecule has 0 spiro atoms. The summed E-state index contributed by atoms with van der Waals surface area (Å²) in [5.41, 5.74) is 2.27. The van der Waals surface area contributed by atoms with E-state index in [-0.39, 0.29) is 11.9 Å². The van der Waals surface area contributed by atoms with Crippen molar-refractivity contribution >= 4 is 23.6 Å². The quantitative estimate of drug-likeness (QED) is 0.836. The summed E-state index contributed by atoms with van der Waals surface area (Å²) in [6, 6.07) is 7.64. The monoisotopic (exact) mass is 341 g/mol. The van der Waals surface area contributed by atoms with Gasteiger partial charge in [0.1, 0.15) is 0 Å². The number of rotatable bonds is 3. The number of imide groups is 1. The number of guanidine groups is 1. The molecule has 2 unspecified atom stereocenters. The molecule has 2 saturated heterocycles. The van der Waals surface area contributed by atoms with Crippen LogP contribution in [0.15, 0.2) is 29.3 Å². The van der Waals surface area contributed by atoms with Crippen LogP contribution in [0.2, 0.25) is 0 Å². The summed E-state index contributed by atoms with van der Waals surface area (Å²) in [4.78, 5) is 37.3. The molecule has 1 aromatic rings. The minimum absolute atomic E-state index is 0.126. The van der Waals surface area contributed by atoms with Crippen molar-refractivity contribution in [2.45, 2.75) is 32.5 Å². The maximum absolute atomic E-state index is 12.9. The van der Waals surface area contributed by atoms with E-state index in [9.17, 15) is 9.59 Å². The molecular formula is C18H23N5O2. The summed E-state index contributed by atoms with van der Waals surface area (Å²) in [6.45, 7) is 6.02. The molecule has 3 heterocycles. The standard InChI is InChI=1S/C18H23N5O2/c1-4-9-23-16(24)14-15(20(3)18(23)25)19-17-21(10-11-22(14)17)13-7-5-12(2)6-8-13/h5-8,14-15H,4,9-11H2,1-3H3. The van der Waals surface area contributed by atoms with E-state index in [0.717, 1.165) is 31.2 Å². The van der Waals surface area contributed by atoms with Crippen LogP contribution >= 0.6 is 0 Å². The van der Waals surface area contributed by atoms with Gasteiger partial charge in [0.2, 0.25) is 5.96 Å². The van der Waals surface area contributed by atoms with Crippen LogP contribution in [0.3, 0.4) is 0 Å². The molecule has 3 aliphatic heterocycles. The lowest BCUT2D eigenvalue weighted by Gasteiger charge is -2.40. The van der Waals surface area contributed by atoms with E-state index >= 15 is 0 Å². The lowest BCUT2D eigenvalue weighted by atomic mass is 10.1. The van der Waals surface area contributed by atoms with E-state index < -0.39 is 12.2 Å². The van der Waals surface area contributed by atoms with Crippen molar-refractivity contribution < 1.29 is 9.59 Å². The largest absolute Gasteiger partial charge is 0.328 e. The Kier molecular flexibility index (Phi) is 3.67. The fraction of sp³-hybridized carbons (Fsp3) is 0.500. The highest BCUT2D eigenvalue weighted by Crippen LogP contribution is 2.33. The van der Waals surface area contributed by atoms with Crippen molar-refractivity contribution in [3.05, 3.63) is 29.8 Å². The fourth-order valence-corrected chi connectivity index (χ4v) is 3.84. The van der Waals surface area contributed by atoms with Crippen LogP contribution in [0.5, 0.6) is 0 Å². The van der Waals surface area contributed by atoms with Crippen LogP contribution in [0, 0.1) is 6.92 Å². The molecule has 0 radical (unpaired) electrons. The van der Waals surface area contributed by atoms with Gasteiger partial charge < -0.3 is 14.7 Å².